The van der Waals surface area contributed by atoms with Gasteiger partial charge in [0.05, 0.1) is 93.2 Å². The van der Waals surface area contributed by atoms with Crippen LogP contribution in [0.5, 0.6) is 0 Å². The summed E-state index contributed by atoms with van der Waals surface area (Å²) < 4.78 is 35.2. The van der Waals surface area contributed by atoms with E-state index in [1.54, 1.807) is 51.4 Å². The zero-order valence-electron chi connectivity index (χ0n) is 80.2. The summed E-state index contributed by atoms with van der Waals surface area (Å²) in [5, 5.41) is 27.3. The number of pyridine rings is 5. The molecule has 2 aliphatic carbocycles. The van der Waals surface area contributed by atoms with Gasteiger partial charge in [-0.1, -0.05) is 19.1 Å². The van der Waals surface area contributed by atoms with Crippen molar-refractivity contribution in [1.82, 2.24) is 88.0 Å². The number of hydrogen-bond acceptors (Lipinski definition) is 27. The molecule has 8 aliphatic heterocycles. The Morgan fingerprint density at radius 3 is 1.23 bits per heavy atom. The van der Waals surface area contributed by atoms with E-state index in [0.29, 0.717) is 61.2 Å². The number of thiophene rings is 4. The Labute approximate surface area is 821 Å². The maximum absolute atomic E-state index is 14.1. The van der Waals surface area contributed by atoms with Crippen LogP contribution in [0.25, 0.3) is 113 Å². The largest absolute Gasteiger partial charge is 0.380 e. The number of anilines is 7. The maximum Gasteiger partial charge on any atom is 0.184 e. The number of piperazine rings is 3. The Bertz CT molecular complexity index is 7750. The van der Waals surface area contributed by atoms with E-state index in [0.717, 1.165) is 286 Å². The topological polar surface area (TPSA) is 252 Å². The summed E-state index contributed by atoms with van der Waals surface area (Å²) in [6, 6.07) is 48.9. The van der Waals surface area contributed by atoms with Gasteiger partial charge in [0.1, 0.15) is 63.1 Å². The number of aryl methyl sites for hydroxylation is 1. The number of carbonyl (C=O) groups excluding carboxylic acids is 2. The fourth-order valence-electron chi connectivity index (χ4n) is 22.0. The molecule has 0 spiro atoms. The molecule has 139 heavy (non-hydrogen) atoms. The standard InChI is InChI=1S/C26H30FN5O.2C21H24N6S.2C19H20N4OS/c1-16-12-31(13-17(2)28-16)24-7-5-21-25(30-24)32-22-6-4-19(27)10-18(22)11-23(32)20(29-21)8-9-26(3)14-33-15-26;1-12-10-26(11-13(2)22-12)19-6-5-15-21(25-19)27-16-7-8-28-18(16)9-17(27)20(24-15)23-14-3-4-14;1-25-8-2-9-26(11-10-25)19-6-5-15-21(24-19)27-16-7-12-28-18(16)13-17(27)20(23-15)22-14-3-4-14;1-11-9-22(10-12(2)20-11)18-4-3-13-7-16(24)15-8-17-14(5-6-25-17)23(15)19(13)21-18;1-21-6-2-7-22(9-8-21)18-4-3-13-11-16(24)15-12-17-14(5-10-25-17)23(15)19(13)20-18/h4-7,10-11,16-17,28H,8-9,12-15H2,1-3H3;5-9,12-14,22H,3-4,10-11H2,1-2H3,(H,23,24);5-7,12-14H,2-4,8-11H2,1H3,(H,22,23);3-6,8,11-12,20H,7,9-10H2,1-2H3;3-5,10,12H,2,6-9,11H2,1H3/t16-,17+;12-,13+;;11-,12+;. The first-order chi connectivity index (χ1) is 67.6. The van der Waals surface area contributed by atoms with E-state index < -0.39 is 0 Å². The number of carbonyl (C=O) groups is 2. The van der Waals surface area contributed by atoms with Crippen molar-refractivity contribution in [3.63, 3.8) is 0 Å². The van der Waals surface area contributed by atoms with Crippen LogP contribution in [0.1, 0.15) is 131 Å². The number of likely N-dealkylation sites (N-methyl/N-ethyl adjacent to an activating group) is 2. The van der Waals surface area contributed by atoms with Crippen LogP contribution in [-0.4, -0.2) is 251 Å². The molecule has 0 radical (unpaired) electrons. The lowest BCUT2D eigenvalue weighted by Crippen LogP contribution is -2.54. The number of rotatable bonds is 12. The van der Waals surface area contributed by atoms with E-state index in [4.69, 9.17) is 44.6 Å². The molecule has 25 heterocycles. The fourth-order valence-corrected chi connectivity index (χ4v) is 25.2. The first kappa shape index (κ1) is 89.7. The van der Waals surface area contributed by atoms with Crippen LogP contribution in [0.3, 0.4) is 0 Å². The van der Waals surface area contributed by atoms with Crippen LogP contribution in [0.15, 0.2) is 155 Å². The Morgan fingerprint density at radius 1 is 0.403 bits per heavy atom. The van der Waals surface area contributed by atoms with E-state index in [9.17, 15) is 14.0 Å². The van der Waals surface area contributed by atoms with Crippen molar-refractivity contribution in [2.75, 3.05) is 154 Å². The third-order valence-corrected chi connectivity index (χ3v) is 32.5. The Hall–Kier alpha value is -11.9. The Kier molecular flexibility index (Phi) is 23.6. The maximum atomic E-state index is 14.1. The Morgan fingerprint density at radius 2 is 0.799 bits per heavy atom. The number of nitrogens with zero attached hydrogens (tertiary/aromatic N) is 20. The SMILES string of the molecule is CN1CCCN(c2ccc3c(n2)-n2c(cc4sccc42)C(=O)C3)CC1.CN1CCCN(c2ccc3nc(NC4CC4)c4cc5sccc5n4c3n2)CC1.C[C@@H]1CN(c2ccc3c(n2)-n2c(cc4sccc42)C(=O)C3)C[C@H](C)N1.C[C@@H]1CN(c2ccc3nc(CCC4(C)COC4)c4cc5cc(F)ccc5n4c3n2)C[C@H](C)N1.C[C@@H]1CN(c2ccc3nc(NC4CC4)c4cc5sccc5n4c3n2)C[C@H](C)N1. The van der Waals surface area contributed by atoms with Gasteiger partial charge in [0, 0.05) is 162 Å². The summed E-state index contributed by atoms with van der Waals surface area (Å²) in [7, 11) is 4.38. The molecule has 33 heteroatoms. The van der Waals surface area contributed by atoms with Crippen molar-refractivity contribution >= 4 is 199 Å². The third kappa shape index (κ3) is 17.6. The zero-order chi connectivity index (χ0) is 94.3. The fraction of sp³-hybridized carbons (Fsp3) is 0.415. The minimum Gasteiger partial charge on any atom is -0.380 e. The van der Waals surface area contributed by atoms with Crippen molar-refractivity contribution < 1.29 is 18.7 Å². The van der Waals surface area contributed by atoms with Gasteiger partial charge in [0.2, 0.25) is 0 Å². The van der Waals surface area contributed by atoms with E-state index >= 15 is 0 Å². The van der Waals surface area contributed by atoms with Crippen molar-refractivity contribution in [2.45, 2.75) is 161 Å². The van der Waals surface area contributed by atoms with Crippen molar-refractivity contribution in [3.8, 4) is 11.6 Å². The second kappa shape index (κ2) is 36.6. The van der Waals surface area contributed by atoms with E-state index in [2.05, 4.69) is 266 Å². The highest BCUT2D eigenvalue weighted by molar-refractivity contribution is 7.18. The normalized spacial score (nSPS) is 21.3. The average Bonchev–Trinajstić information content (AvgIpc) is 1.61. The van der Waals surface area contributed by atoms with Crippen molar-refractivity contribution in [3.05, 3.63) is 189 Å². The summed E-state index contributed by atoms with van der Waals surface area (Å²) in [6.45, 7) is 31.4. The molecule has 0 bridgehead atoms. The van der Waals surface area contributed by atoms with Gasteiger partial charge in [0.25, 0.3) is 0 Å². The lowest BCUT2D eigenvalue weighted by Gasteiger charge is -2.38. The first-order valence-electron chi connectivity index (χ1n) is 49.7. The molecule has 10 aliphatic rings. The second-order valence-corrected chi connectivity index (χ2v) is 44.6. The van der Waals surface area contributed by atoms with E-state index in [1.807, 2.05) is 22.8 Å². The molecule has 0 amide bonds. The predicted molar refractivity (Wildman–Crippen MR) is 566 cm³/mol. The van der Waals surface area contributed by atoms with Crippen LogP contribution in [0, 0.1) is 11.2 Å². The van der Waals surface area contributed by atoms with Crippen LogP contribution in [-0.2, 0) is 24.0 Å². The highest BCUT2D eigenvalue weighted by Crippen LogP contribution is 2.43. The number of nitrogens with one attached hydrogen (secondary N) is 5. The summed E-state index contributed by atoms with van der Waals surface area (Å²) in [5.74, 6) is 9.02. The molecule has 5 N–H and O–H groups in total. The molecular formula is C106H118FN25O3S4. The monoisotopic (exact) mass is 1940 g/mol. The summed E-state index contributed by atoms with van der Waals surface area (Å²) in [5.41, 5.74) is 19.2. The van der Waals surface area contributed by atoms with Crippen LogP contribution < -0.4 is 51.1 Å². The number of hydrogen-bond donors (Lipinski definition) is 5. The Balaban J connectivity index is 0.0000000947. The lowest BCUT2D eigenvalue weighted by atomic mass is 9.83. The van der Waals surface area contributed by atoms with Gasteiger partial charge in [-0.3, -0.25) is 31.9 Å². The molecule has 6 atom stereocenters. The lowest BCUT2D eigenvalue weighted by molar-refractivity contribution is -0.105. The van der Waals surface area contributed by atoms with Gasteiger partial charge in [-0.25, -0.2) is 44.3 Å². The van der Waals surface area contributed by atoms with Crippen molar-refractivity contribution in [2.24, 2.45) is 5.41 Å². The van der Waals surface area contributed by atoms with E-state index in [-0.39, 0.29) is 22.8 Å². The highest BCUT2D eigenvalue weighted by Gasteiger charge is 2.37. The number of aromatic nitrogens is 13. The van der Waals surface area contributed by atoms with Crippen LogP contribution >= 0.6 is 45.3 Å². The summed E-state index contributed by atoms with van der Waals surface area (Å²) in [4.78, 5) is 82.0. The molecule has 28 nitrogen and oxygen atoms in total. The summed E-state index contributed by atoms with van der Waals surface area (Å²) >= 11 is 6.90. The average molecular weight is 1940 g/mol. The number of benzene rings is 1. The smallest absolute Gasteiger partial charge is 0.184 e. The van der Waals surface area contributed by atoms with Gasteiger partial charge in [-0.05, 0) is 263 Å². The van der Waals surface area contributed by atoms with Gasteiger partial charge in [-0.2, -0.15) is 0 Å². The van der Waals surface area contributed by atoms with Crippen molar-refractivity contribution in [1.29, 1.82) is 0 Å². The van der Waals surface area contributed by atoms with Gasteiger partial charge < -0.3 is 65.6 Å². The van der Waals surface area contributed by atoms with Gasteiger partial charge in [-0.15, -0.1) is 45.3 Å². The molecule has 2 saturated carbocycles. The molecule has 6 saturated heterocycles. The number of ether oxygens (including phenoxy) is 1. The molecule has 0 unspecified atom stereocenters. The van der Waals surface area contributed by atoms with Crippen LogP contribution in [0.4, 0.5) is 45.1 Å². The van der Waals surface area contributed by atoms with Crippen LogP contribution in [0.2, 0.25) is 0 Å². The number of halogens is 1. The van der Waals surface area contributed by atoms with Gasteiger partial charge in [0.15, 0.2) is 40.1 Å². The number of Topliss-reactive ketones (excluding diaryl/α,β-unsaturated/α-hetero) is 2. The van der Waals surface area contributed by atoms with E-state index in [1.165, 1.54) is 58.6 Å². The minimum absolute atomic E-state index is 0.176. The molecule has 8 fully saturated rings. The molecule has 716 valence electrons. The predicted octanol–water partition coefficient (Wildman–Crippen LogP) is 18.0. The highest BCUT2D eigenvalue weighted by atomic mass is 32.1. The zero-order valence-corrected chi connectivity index (χ0v) is 83.5. The molecule has 28 rings (SSSR count). The first-order valence-corrected chi connectivity index (χ1v) is 53.2. The number of fused-ring (bicyclic) bond motifs is 25. The molecule has 17 aromatic heterocycles. The quantitative estimate of drug-likeness (QED) is 0.0762. The third-order valence-electron chi connectivity index (χ3n) is 29.1. The minimum atomic E-state index is -0.228. The molecule has 18 aromatic rings. The second-order valence-electron chi connectivity index (χ2n) is 40.8. The molecule has 1 aromatic carbocycles. The number of ketones is 2. The van der Waals surface area contributed by atoms with Gasteiger partial charge >= 0.3 is 0 Å². The molecular weight excluding hydrogens is 1820 g/mol. The summed E-state index contributed by atoms with van der Waals surface area (Å²) in [6.07, 6.45) is 10.0.